The normalized spacial score (nSPS) is 15.6. The van der Waals surface area contributed by atoms with E-state index in [-0.39, 0.29) is 63.7 Å². The summed E-state index contributed by atoms with van der Waals surface area (Å²) in [6, 6.07) is 11.3. The maximum Gasteiger partial charge on any atom is 0.335 e. The molecule has 2 aromatic heterocycles. The average molecular weight is 649 g/mol. The number of carboxylic acid groups (broad SMARTS) is 1. The molecule has 0 bridgehead atoms. The van der Waals surface area contributed by atoms with Crippen LogP contribution in [0.15, 0.2) is 54.6 Å². The molecule has 3 heterocycles. The molecule has 5 aromatic rings. The molecular formula is C34H25F5N4O4. The number of nitrogens with zero attached hydrogens (tertiary/aromatic N) is 4. The topological polar surface area (TPSA) is 110 Å². The molecule has 0 radical (unpaired) electrons. The molecule has 8 nitrogen and oxygen atoms in total. The molecule has 0 saturated carbocycles. The van der Waals surface area contributed by atoms with Crippen molar-refractivity contribution in [2.45, 2.75) is 32.9 Å². The van der Waals surface area contributed by atoms with Crippen molar-refractivity contribution >= 4 is 17.0 Å². The molecule has 0 amide bonds. The molecule has 1 fully saturated rings. The highest BCUT2D eigenvalue weighted by atomic mass is 19.1. The van der Waals surface area contributed by atoms with Gasteiger partial charge in [0.05, 0.1) is 53.2 Å². The van der Waals surface area contributed by atoms with E-state index in [0.717, 1.165) is 30.3 Å². The number of imidazole rings is 1. The molecule has 0 aliphatic carbocycles. The van der Waals surface area contributed by atoms with Gasteiger partial charge in [0.2, 0.25) is 5.88 Å². The average Bonchev–Trinajstić information content (AvgIpc) is 3.56. The summed E-state index contributed by atoms with van der Waals surface area (Å²) < 4.78 is 87.6. The van der Waals surface area contributed by atoms with Gasteiger partial charge in [-0.05, 0) is 48.0 Å². The van der Waals surface area contributed by atoms with E-state index in [4.69, 9.17) is 14.7 Å². The third-order valence-electron chi connectivity index (χ3n) is 8.15. The summed E-state index contributed by atoms with van der Waals surface area (Å²) in [5.74, 6) is -5.75. The summed E-state index contributed by atoms with van der Waals surface area (Å²) >= 11 is 0. The lowest BCUT2D eigenvalue weighted by molar-refractivity contribution is 0.0696. The molecule has 47 heavy (non-hydrogen) atoms. The summed E-state index contributed by atoms with van der Waals surface area (Å²) in [6.07, 6.45) is -0.259. The van der Waals surface area contributed by atoms with E-state index in [1.165, 1.54) is 24.3 Å². The molecule has 1 aliphatic heterocycles. The molecule has 13 heteroatoms. The van der Waals surface area contributed by atoms with Crippen LogP contribution < -0.4 is 4.74 Å². The first-order valence-electron chi connectivity index (χ1n) is 14.3. The van der Waals surface area contributed by atoms with Gasteiger partial charge in [-0.2, -0.15) is 5.26 Å². The Hall–Kier alpha value is -5.35. The Morgan fingerprint density at radius 2 is 1.77 bits per heavy atom. The Bertz CT molecular complexity index is 2080. The Balaban J connectivity index is 1.32. The molecule has 1 aliphatic rings. The summed E-state index contributed by atoms with van der Waals surface area (Å²) in [5.41, 5.74) is -1.64. The van der Waals surface area contributed by atoms with Crippen LogP contribution in [0.4, 0.5) is 22.0 Å². The molecule has 3 aromatic carbocycles. The number of benzene rings is 3. The largest absolute Gasteiger partial charge is 0.478 e. The van der Waals surface area contributed by atoms with Crippen LogP contribution in [0.2, 0.25) is 0 Å². The predicted molar refractivity (Wildman–Crippen MR) is 158 cm³/mol. The van der Waals surface area contributed by atoms with Crippen molar-refractivity contribution < 1.29 is 41.3 Å². The smallest absolute Gasteiger partial charge is 0.335 e. The molecule has 1 saturated heterocycles. The minimum absolute atomic E-state index is 0.0217. The van der Waals surface area contributed by atoms with Crippen LogP contribution in [-0.4, -0.2) is 38.8 Å². The van der Waals surface area contributed by atoms with Gasteiger partial charge in [0.15, 0.2) is 5.82 Å². The number of rotatable bonds is 8. The lowest BCUT2D eigenvalue weighted by Crippen LogP contribution is -2.27. The van der Waals surface area contributed by atoms with E-state index in [9.17, 15) is 18.7 Å². The second-order valence-corrected chi connectivity index (χ2v) is 11.8. The van der Waals surface area contributed by atoms with Crippen LogP contribution in [0.25, 0.3) is 22.3 Å². The van der Waals surface area contributed by atoms with Crippen LogP contribution in [-0.2, 0) is 17.8 Å². The lowest BCUT2D eigenvalue weighted by Gasteiger charge is -2.28. The van der Waals surface area contributed by atoms with E-state index in [1.807, 2.05) is 13.8 Å². The third kappa shape index (κ3) is 5.99. The number of carboxylic acids is 1. The van der Waals surface area contributed by atoms with Gasteiger partial charge in [-0.3, -0.25) is 0 Å². The Morgan fingerprint density at radius 3 is 2.43 bits per heavy atom. The van der Waals surface area contributed by atoms with E-state index in [1.54, 1.807) is 10.6 Å². The van der Waals surface area contributed by atoms with E-state index < -0.39 is 58.7 Å². The van der Waals surface area contributed by atoms with Crippen LogP contribution in [0.3, 0.4) is 0 Å². The molecule has 6 rings (SSSR count). The SMILES string of the molecule is CC1(C)COC[C@H]1n1c(Cc2cc(F)c(-c3cccc(OCc4c(F)cc(C#N)cc4F)n3)cc2F)nc2c(F)cc(C(=O)O)cc21. The fourth-order valence-corrected chi connectivity index (χ4v) is 5.66. The van der Waals surface area contributed by atoms with Crippen molar-refractivity contribution in [2.75, 3.05) is 13.2 Å². The van der Waals surface area contributed by atoms with Gasteiger partial charge in [0.1, 0.15) is 41.2 Å². The molecular weight excluding hydrogens is 623 g/mol. The van der Waals surface area contributed by atoms with Crippen molar-refractivity contribution in [1.82, 2.24) is 14.5 Å². The van der Waals surface area contributed by atoms with Crippen molar-refractivity contribution in [1.29, 1.82) is 5.26 Å². The number of carbonyl (C=O) groups is 1. The van der Waals surface area contributed by atoms with Gasteiger partial charge in [0, 0.05) is 23.5 Å². The number of nitriles is 1. The second kappa shape index (κ2) is 12.1. The van der Waals surface area contributed by atoms with Gasteiger partial charge >= 0.3 is 5.97 Å². The molecule has 0 unspecified atom stereocenters. The van der Waals surface area contributed by atoms with Gasteiger partial charge in [-0.1, -0.05) is 19.9 Å². The van der Waals surface area contributed by atoms with Crippen LogP contribution in [0.5, 0.6) is 5.88 Å². The van der Waals surface area contributed by atoms with E-state index in [2.05, 4.69) is 9.97 Å². The van der Waals surface area contributed by atoms with Gasteiger partial charge in [-0.15, -0.1) is 0 Å². The van der Waals surface area contributed by atoms with Crippen molar-refractivity contribution in [3.05, 3.63) is 112 Å². The number of ether oxygens (including phenoxy) is 2. The summed E-state index contributed by atoms with van der Waals surface area (Å²) in [4.78, 5) is 20.3. The summed E-state index contributed by atoms with van der Waals surface area (Å²) in [6.45, 7) is 3.86. The zero-order valence-electron chi connectivity index (χ0n) is 25.0. The minimum atomic E-state index is -1.33. The van der Waals surface area contributed by atoms with E-state index >= 15 is 13.2 Å². The molecule has 1 N–H and O–H groups in total. The number of fused-ring (bicyclic) bond motifs is 1. The maximum atomic E-state index is 15.6. The fraction of sp³-hybridized carbons (Fsp3) is 0.235. The first-order chi connectivity index (χ1) is 22.4. The van der Waals surface area contributed by atoms with E-state index in [0.29, 0.717) is 6.61 Å². The zero-order chi connectivity index (χ0) is 33.6. The summed E-state index contributed by atoms with van der Waals surface area (Å²) in [7, 11) is 0. The van der Waals surface area contributed by atoms with Crippen molar-refractivity contribution in [3.8, 4) is 23.2 Å². The highest BCUT2D eigenvalue weighted by molar-refractivity contribution is 5.93. The van der Waals surface area contributed by atoms with Crippen molar-refractivity contribution in [2.24, 2.45) is 5.41 Å². The second-order valence-electron chi connectivity index (χ2n) is 11.8. The van der Waals surface area contributed by atoms with Crippen LogP contribution in [0.1, 0.15) is 52.8 Å². The number of hydrogen-bond donors (Lipinski definition) is 1. The van der Waals surface area contributed by atoms with Crippen molar-refractivity contribution in [3.63, 3.8) is 0 Å². The monoisotopic (exact) mass is 648 g/mol. The summed E-state index contributed by atoms with van der Waals surface area (Å²) in [5, 5.41) is 18.4. The predicted octanol–water partition coefficient (Wildman–Crippen LogP) is 7.13. The Labute approximate surface area is 264 Å². The molecule has 1 atom stereocenters. The van der Waals surface area contributed by atoms with Gasteiger partial charge in [-0.25, -0.2) is 36.7 Å². The highest BCUT2D eigenvalue weighted by Gasteiger charge is 2.39. The van der Waals surface area contributed by atoms with Crippen LogP contribution in [0, 0.1) is 45.8 Å². The standard InChI is InChI=1S/C34H25F5N4O4/c1-34(2)16-46-15-29(34)43-28-10-19(33(44)45)9-26(39)32(28)42-30(43)11-18-8-25(38)20(12-22(18)35)27-4-3-5-31(41-27)47-14-21-23(36)6-17(13-40)7-24(21)37/h3-10,12,29H,11,14-16H2,1-2H3,(H,44,45)/t29-/m1/s1. The number of pyridine rings is 1. The van der Waals surface area contributed by atoms with Gasteiger partial charge < -0.3 is 19.1 Å². The first-order valence-corrected chi connectivity index (χ1v) is 14.3. The first kappa shape index (κ1) is 31.6. The number of aromatic carboxylic acids is 1. The fourth-order valence-electron chi connectivity index (χ4n) is 5.66. The minimum Gasteiger partial charge on any atom is -0.478 e. The maximum absolute atomic E-state index is 15.6. The molecule has 0 spiro atoms. The quantitative estimate of drug-likeness (QED) is 0.178. The Kier molecular flexibility index (Phi) is 8.15. The number of halogens is 5. The number of aromatic nitrogens is 3. The third-order valence-corrected chi connectivity index (χ3v) is 8.15. The Morgan fingerprint density at radius 1 is 1.02 bits per heavy atom. The van der Waals surface area contributed by atoms with Crippen LogP contribution >= 0.6 is 0 Å². The zero-order valence-corrected chi connectivity index (χ0v) is 25.0. The number of hydrogen-bond acceptors (Lipinski definition) is 6. The van der Waals surface area contributed by atoms with Gasteiger partial charge in [0.25, 0.3) is 0 Å². The highest BCUT2D eigenvalue weighted by Crippen LogP contribution is 2.41. The molecule has 240 valence electrons. The lowest BCUT2D eigenvalue weighted by atomic mass is 9.87.